The number of nitrogens with zero attached hydrogens (tertiary/aromatic N) is 4. The van der Waals surface area contributed by atoms with Crippen molar-refractivity contribution in [3.05, 3.63) is 52.6 Å². The number of rotatable bonds is 3. The lowest BCUT2D eigenvalue weighted by atomic mass is 10.0. The molecule has 2 saturated heterocycles. The summed E-state index contributed by atoms with van der Waals surface area (Å²) in [7, 11) is 0. The molecule has 2 fully saturated rings. The standard InChI is InChI=1S/C17H18N4O5/c22-16(19-6-3-17(4-7-19)25-9-10-26-17)13-1-2-14(15(11-13)21(23)24)20-8-5-18-12-20/h1-2,5,8,11-12H,3-4,6-7,9-10H2. The Kier molecular flexibility index (Phi) is 4.17. The van der Waals surface area contributed by atoms with Crippen molar-refractivity contribution in [2.24, 2.45) is 0 Å². The van der Waals surface area contributed by atoms with Crippen LogP contribution >= 0.6 is 0 Å². The number of amides is 1. The fourth-order valence-corrected chi connectivity index (χ4v) is 3.44. The van der Waals surface area contributed by atoms with E-state index >= 15 is 0 Å². The summed E-state index contributed by atoms with van der Waals surface area (Å²) >= 11 is 0. The van der Waals surface area contributed by atoms with E-state index in [4.69, 9.17) is 9.47 Å². The predicted octanol–water partition coefficient (Wildman–Crippen LogP) is 1.76. The van der Waals surface area contributed by atoms with Crippen molar-refractivity contribution in [1.29, 1.82) is 0 Å². The Hall–Kier alpha value is -2.78. The molecule has 1 spiro atoms. The number of benzene rings is 1. The van der Waals surface area contributed by atoms with Crippen LogP contribution in [0, 0.1) is 10.1 Å². The molecule has 1 aromatic heterocycles. The molecule has 26 heavy (non-hydrogen) atoms. The van der Waals surface area contributed by atoms with Crippen LogP contribution in [-0.4, -0.2) is 57.4 Å². The third-order valence-corrected chi connectivity index (χ3v) is 4.83. The number of ether oxygens (including phenoxy) is 2. The van der Waals surface area contributed by atoms with E-state index < -0.39 is 10.7 Å². The van der Waals surface area contributed by atoms with Gasteiger partial charge >= 0.3 is 0 Å². The first-order chi connectivity index (χ1) is 12.6. The van der Waals surface area contributed by atoms with Crippen LogP contribution in [0.5, 0.6) is 0 Å². The van der Waals surface area contributed by atoms with Crippen LogP contribution in [0.2, 0.25) is 0 Å². The Morgan fingerprint density at radius 2 is 1.96 bits per heavy atom. The molecular weight excluding hydrogens is 340 g/mol. The Morgan fingerprint density at radius 1 is 1.23 bits per heavy atom. The number of hydrogen-bond acceptors (Lipinski definition) is 6. The normalized spacial score (nSPS) is 19.0. The fourth-order valence-electron chi connectivity index (χ4n) is 3.44. The molecule has 136 valence electrons. The molecule has 1 aromatic carbocycles. The second kappa shape index (κ2) is 6.50. The van der Waals surface area contributed by atoms with Crippen LogP contribution in [-0.2, 0) is 9.47 Å². The minimum atomic E-state index is -0.561. The summed E-state index contributed by atoms with van der Waals surface area (Å²) in [5, 5.41) is 11.5. The molecule has 0 unspecified atom stereocenters. The summed E-state index contributed by atoms with van der Waals surface area (Å²) in [5.74, 6) is -0.785. The molecule has 0 bridgehead atoms. The summed E-state index contributed by atoms with van der Waals surface area (Å²) in [6, 6.07) is 4.50. The average Bonchev–Trinajstić information content (AvgIpc) is 3.34. The summed E-state index contributed by atoms with van der Waals surface area (Å²) in [6.07, 6.45) is 5.85. The average molecular weight is 358 g/mol. The first kappa shape index (κ1) is 16.7. The van der Waals surface area contributed by atoms with Crippen molar-refractivity contribution in [3.63, 3.8) is 0 Å². The monoisotopic (exact) mass is 358 g/mol. The molecule has 9 heteroatoms. The van der Waals surface area contributed by atoms with E-state index in [1.165, 1.54) is 12.4 Å². The highest BCUT2D eigenvalue weighted by Gasteiger charge is 2.41. The lowest BCUT2D eigenvalue weighted by Gasteiger charge is -2.37. The van der Waals surface area contributed by atoms with Crippen LogP contribution in [0.25, 0.3) is 5.69 Å². The Bertz CT molecular complexity index is 820. The van der Waals surface area contributed by atoms with Gasteiger partial charge in [0.05, 0.1) is 24.5 Å². The molecule has 0 aliphatic carbocycles. The quantitative estimate of drug-likeness (QED) is 0.612. The van der Waals surface area contributed by atoms with Crippen LogP contribution in [0.15, 0.2) is 36.9 Å². The van der Waals surface area contributed by atoms with Crippen molar-refractivity contribution in [3.8, 4) is 5.69 Å². The third-order valence-electron chi connectivity index (χ3n) is 4.83. The number of hydrogen-bond donors (Lipinski definition) is 0. The van der Waals surface area contributed by atoms with Crippen LogP contribution in [0.1, 0.15) is 23.2 Å². The van der Waals surface area contributed by atoms with Gasteiger partial charge in [-0.1, -0.05) is 0 Å². The maximum Gasteiger partial charge on any atom is 0.294 e. The third kappa shape index (κ3) is 2.95. The van der Waals surface area contributed by atoms with Gasteiger partial charge in [0.1, 0.15) is 5.69 Å². The van der Waals surface area contributed by atoms with Gasteiger partial charge in [0, 0.05) is 50.0 Å². The first-order valence-corrected chi connectivity index (χ1v) is 8.42. The molecule has 2 aliphatic heterocycles. The van der Waals surface area contributed by atoms with E-state index in [9.17, 15) is 14.9 Å². The highest BCUT2D eigenvalue weighted by atomic mass is 16.7. The second-order valence-electron chi connectivity index (χ2n) is 6.33. The number of likely N-dealkylation sites (tertiary alicyclic amines) is 1. The van der Waals surface area contributed by atoms with Crippen molar-refractivity contribution < 1.29 is 19.2 Å². The van der Waals surface area contributed by atoms with Crippen molar-refractivity contribution in [2.75, 3.05) is 26.3 Å². The van der Waals surface area contributed by atoms with Crippen LogP contribution in [0.4, 0.5) is 5.69 Å². The smallest absolute Gasteiger partial charge is 0.294 e. The Morgan fingerprint density at radius 3 is 2.58 bits per heavy atom. The zero-order chi connectivity index (χ0) is 18.1. The second-order valence-corrected chi connectivity index (χ2v) is 6.33. The minimum absolute atomic E-state index is 0.134. The number of aromatic nitrogens is 2. The maximum absolute atomic E-state index is 12.8. The number of imidazole rings is 1. The summed E-state index contributed by atoms with van der Waals surface area (Å²) in [6.45, 7) is 2.15. The van der Waals surface area contributed by atoms with Crippen molar-refractivity contribution in [1.82, 2.24) is 14.5 Å². The topological polar surface area (TPSA) is 99.7 Å². The van der Waals surface area contributed by atoms with E-state index in [0.717, 1.165) is 0 Å². The van der Waals surface area contributed by atoms with Gasteiger partial charge < -0.3 is 18.9 Å². The first-order valence-electron chi connectivity index (χ1n) is 8.42. The van der Waals surface area contributed by atoms with Crippen molar-refractivity contribution in [2.45, 2.75) is 18.6 Å². The van der Waals surface area contributed by atoms with E-state index in [1.54, 1.807) is 34.0 Å². The molecule has 1 amide bonds. The van der Waals surface area contributed by atoms with E-state index in [0.29, 0.717) is 50.4 Å². The van der Waals surface area contributed by atoms with Crippen LogP contribution in [0.3, 0.4) is 0 Å². The van der Waals surface area contributed by atoms with E-state index in [-0.39, 0.29) is 11.6 Å². The lowest BCUT2D eigenvalue weighted by molar-refractivity contribution is -0.384. The van der Waals surface area contributed by atoms with Crippen molar-refractivity contribution >= 4 is 11.6 Å². The molecule has 0 N–H and O–H groups in total. The van der Waals surface area contributed by atoms with Gasteiger partial charge in [-0.15, -0.1) is 0 Å². The highest BCUT2D eigenvalue weighted by molar-refractivity contribution is 5.95. The summed E-state index contributed by atoms with van der Waals surface area (Å²) in [5.41, 5.74) is 0.531. The molecule has 3 heterocycles. The zero-order valence-electron chi connectivity index (χ0n) is 14.0. The minimum Gasteiger partial charge on any atom is -0.347 e. The van der Waals surface area contributed by atoms with Gasteiger partial charge in [0.15, 0.2) is 5.79 Å². The Balaban J connectivity index is 1.55. The van der Waals surface area contributed by atoms with Crippen LogP contribution < -0.4 is 0 Å². The molecule has 2 aromatic rings. The summed E-state index contributed by atoms with van der Waals surface area (Å²) < 4.78 is 12.9. The van der Waals surface area contributed by atoms with Gasteiger partial charge in [0.2, 0.25) is 0 Å². The Labute approximate surface area is 149 Å². The maximum atomic E-state index is 12.8. The van der Waals surface area contributed by atoms with Gasteiger partial charge in [-0.05, 0) is 12.1 Å². The lowest BCUT2D eigenvalue weighted by Crippen LogP contribution is -2.47. The predicted molar refractivity (Wildman–Crippen MR) is 90.0 cm³/mol. The molecule has 0 radical (unpaired) electrons. The number of nitro groups is 1. The van der Waals surface area contributed by atoms with Gasteiger partial charge in [-0.25, -0.2) is 4.98 Å². The number of carbonyl (C=O) groups is 1. The molecule has 0 saturated carbocycles. The molecule has 0 atom stereocenters. The van der Waals surface area contributed by atoms with E-state index in [1.807, 2.05) is 0 Å². The number of carbonyl (C=O) groups excluding carboxylic acids is 1. The van der Waals surface area contributed by atoms with Gasteiger partial charge in [0.25, 0.3) is 11.6 Å². The zero-order valence-corrected chi connectivity index (χ0v) is 14.0. The SMILES string of the molecule is O=C(c1ccc(-n2ccnc2)c([N+](=O)[O-])c1)N1CCC2(CC1)OCCO2. The molecular formula is C17H18N4O5. The molecule has 4 rings (SSSR count). The highest BCUT2D eigenvalue weighted by Crippen LogP contribution is 2.32. The fraction of sp³-hybridized carbons (Fsp3) is 0.412. The van der Waals surface area contributed by atoms with E-state index in [2.05, 4.69) is 4.98 Å². The number of piperidine rings is 1. The molecule has 2 aliphatic rings. The van der Waals surface area contributed by atoms with Gasteiger partial charge in [-0.2, -0.15) is 0 Å². The van der Waals surface area contributed by atoms with Gasteiger partial charge in [-0.3, -0.25) is 14.9 Å². The summed E-state index contributed by atoms with van der Waals surface area (Å²) in [4.78, 5) is 29.3. The number of nitro benzene ring substituents is 1. The molecule has 9 nitrogen and oxygen atoms in total. The largest absolute Gasteiger partial charge is 0.347 e.